The van der Waals surface area contributed by atoms with Crippen LogP contribution in [-0.2, 0) is 31.2 Å². The Kier molecular flexibility index (Phi) is 10.4. The Morgan fingerprint density at radius 3 is 2.35 bits per heavy atom. The summed E-state index contributed by atoms with van der Waals surface area (Å²) in [6, 6.07) is 38.7. The molecule has 7 rings (SSSR count). The van der Waals surface area contributed by atoms with Gasteiger partial charge in [0.15, 0.2) is 0 Å². The van der Waals surface area contributed by atoms with E-state index in [1.807, 2.05) is 30.5 Å². The van der Waals surface area contributed by atoms with E-state index in [1.165, 1.54) is 11.1 Å². The molecule has 2 aliphatic rings. The van der Waals surface area contributed by atoms with Crippen molar-refractivity contribution < 1.29 is 30.5 Å². The molecule has 0 unspecified atom stereocenters. The van der Waals surface area contributed by atoms with Crippen LogP contribution < -0.4 is 9.64 Å². The molecule has 0 fully saturated rings. The smallest absolute Gasteiger partial charge is 0.518 e. The van der Waals surface area contributed by atoms with E-state index in [0.29, 0.717) is 29.9 Å². The van der Waals surface area contributed by atoms with E-state index in [1.54, 1.807) is 0 Å². The van der Waals surface area contributed by atoms with E-state index in [2.05, 4.69) is 118 Å². The normalized spacial score (nSPS) is 15.9. The molecule has 0 amide bonds. The molecule has 0 saturated heterocycles. The maximum atomic E-state index is 6.65. The molecule has 49 heavy (non-hydrogen) atoms. The number of anilines is 3. The van der Waals surface area contributed by atoms with Gasteiger partial charge < -0.3 is 14.4 Å². The van der Waals surface area contributed by atoms with Gasteiger partial charge in [0.1, 0.15) is 11.7 Å². The third-order valence-corrected chi connectivity index (χ3v) is 9.64. The Morgan fingerprint density at radius 1 is 0.857 bits per heavy atom. The number of pyridine rings is 1. The number of ether oxygens (including phenoxy) is 2. The van der Waals surface area contributed by atoms with Crippen LogP contribution in [0, 0.1) is 25.0 Å². The minimum absolute atomic E-state index is 0. The molecule has 0 spiro atoms. The van der Waals surface area contributed by atoms with Gasteiger partial charge in [0.25, 0.3) is 0 Å². The minimum Gasteiger partial charge on any atom is -0.518 e. The molecule has 6 heteroatoms. The summed E-state index contributed by atoms with van der Waals surface area (Å²) in [5, 5.41) is 0. The standard InChI is InChI=1S/C43H43N3O2.Pt/c1-6-14-31(15-7-2)39-28-47-42(45-39)33-24-32(30-16-9-8-10-17-30)25-36(26-33)48-35-23-29(3)22-34(27-35)46-40-20-12-11-18-37(40)43(4,5)38-19-13-21-44-41(38)46;/h8-13,16-25,31,39H,6-7,14-15,28H2,1-5H3;/q-2;+2/t39-;/m0./s1. The number of fused-ring (bicyclic) bond motifs is 2. The Hall–Kier alpha value is -4.21. The van der Waals surface area contributed by atoms with Crippen molar-refractivity contribution in [2.24, 2.45) is 10.9 Å². The van der Waals surface area contributed by atoms with E-state index >= 15 is 0 Å². The number of aromatic nitrogens is 1. The van der Waals surface area contributed by atoms with Gasteiger partial charge in [0.05, 0.1) is 12.6 Å². The summed E-state index contributed by atoms with van der Waals surface area (Å²) in [5.74, 6) is 3.27. The number of aryl methyl sites for hydroxylation is 1. The summed E-state index contributed by atoms with van der Waals surface area (Å²) in [5.41, 5.74) is 8.16. The Labute approximate surface area is 305 Å². The fourth-order valence-electron chi connectivity index (χ4n) is 7.28. The van der Waals surface area contributed by atoms with Gasteiger partial charge in [-0.1, -0.05) is 131 Å². The van der Waals surface area contributed by atoms with Crippen LogP contribution in [0.25, 0.3) is 11.1 Å². The molecule has 1 atom stereocenters. The molecule has 4 aromatic carbocycles. The van der Waals surface area contributed by atoms with E-state index in [0.717, 1.165) is 65.1 Å². The fraction of sp³-hybridized carbons (Fsp3) is 0.302. The third kappa shape index (κ3) is 6.96. The van der Waals surface area contributed by atoms with E-state index in [-0.39, 0.29) is 32.5 Å². The molecule has 0 N–H and O–H groups in total. The van der Waals surface area contributed by atoms with Crippen molar-refractivity contribution >= 4 is 23.1 Å². The first-order chi connectivity index (χ1) is 23.4. The number of benzene rings is 4. The number of nitrogens with zero attached hydrogens (tertiary/aromatic N) is 3. The van der Waals surface area contributed by atoms with Gasteiger partial charge in [-0.05, 0) is 42.0 Å². The molecule has 0 radical (unpaired) electrons. The summed E-state index contributed by atoms with van der Waals surface area (Å²) < 4.78 is 12.9. The van der Waals surface area contributed by atoms with Crippen molar-refractivity contribution in [2.75, 3.05) is 11.5 Å². The van der Waals surface area contributed by atoms with Crippen molar-refractivity contribution in [2.45, 2.75) is 71.8 Å². The summed E-state index contributed by atoms with van der Waals surface area (Å²) in [6.07, 6.45) is 6.48. The van der Waals surface area contributed by atoms with Crippen molar-refractivity contribution in [1.82, 2.24) is 4.98 Å². The van der Waals surface area contributed by atoms with Crippen molar-refractivity contribution in [3.63, 3.8) is 0 Å². The van der Waals surface area contributed by atoms with E-state index < -0.39 is 0 Å². The van der Waals surface area contributed by atoms with Gasteiger partial charge in [-0.3, -0.25) is 4.99 Å². The molecular weight excluding hydrogens is 786 g/mol. The van der Waals surface area contributed by atoms with Crippen LogP contribution in [0.2, 0.25) is 0 Å². The predicted molar refractivity (Wildman–Crippen MR) is 195 cm³/mol. The van der Waals surface area contributed by atoms with Crippen LogP contribution >= 0.6 is 0 Å². The first-order valence-electron chi connectivity index (χ1n) is 17.3. The maximum absolute atomic E-state index is 6.65. The van der Waals surface area contributed by atoms with Crippen LogP contribution in [-0.4, -0.2) is 23.5 Å². The van der Waals surface area contributed by atoms with Crippen LogP contribution in [0.15, 0.2) is 102 Å². The summed E-state index contributed by atoms with van der Waals surface area (Å²) in [4.78, 5) is 12.2. The second kappa shape index (κ2) is 14.7. The van der Waals surface area contributed by atoms with Crippen molar-refractivity contribution in [3.8, 4) is 22.6 Å². The molecule has 3 heterocycles. The van der Waals surface area contributed by atoms with Crippen LogP contribution in [0.4, 0.5) is 17.2 Å². The number of rotatable bonds is 10. The summed E-state index contributed by atoms with van der Waals surface area (Å²) in [7, 11) is 0. The predicted octanol–water partition coefficient (Wildman–Crippen LogP) is 10.9. The monoisotopic (exact) mass is 828 g/mol. The molecule has 0 saturated carbocycles. The van der Waals surface area contributed by atoms with E-state index in [9.17, 15) is 0 Å². The third-order valence-electron chi connectivity index (χ3n) is 9.64. The van der Waals surface area contributed by atoms with Crippen LogP contribution in [0.3, 0.4) is 0 Å². The van der Waals surface area contributed by atoms with E-state index in [4.69, 9.17) is 19.5 Å². The number of hydrogen-bond acceptors (Lipinski definition) is 5. The Morgan fingerprint density at radius 2 is 1.57 bits per heavy atom. The van der Waals surface area contributed by atoms with Crippen molar-refractivity contribution in [3.05, 3.63) is 132 Å². The zero-order chi connectivity index (χ0) is 33.3. The van der Waals surface area contributed by atoms with Gasteiger partial charge in [-0.2, -0.15) is 5.56 Å². The average Bonchev–Trinajstić information content (AvgIpc) is 3.59. The van der Waals surface area contributed by atoms with Gasteiger partial charge in [0, 0.05) is 34.4 Å². The Balaban J connectivity index is 0.00000417. The van der Waals surface area contributed by atoms with Crippen LogP contribution in [0.5, 0.6) is 11.5 Å². The molecule has 0 bridgehead atoms. The molecule has 0 aliphatic carbocycles. The molecular formula is C43H43N3O2Pt. The zero-order valence-electron chi connectivity index (χ0n) is 28.9. The second-order valence-corrected chi connectivity index (χ2v) is 13.5. The topological polar surface area (TPSA) is 47.0 Å². The zero-order valence-corrected chi connectivity index (χ0v) is 31.2. The number of aliphatic imine (C=N–C) groups is 1. The Bertz CT molecular complexity index is 1900. The van der Waals surface area contributed by atoms with Gasteiger partial charge in [-0.15, -0.1) is 24.3 Å². The molecule has 5 aromatic rings. The molecule has 2 aliphatic heterocycles. The van der Waals surface area contributed by atoms with Crippen molar-refractivity contribution in [1.29, 1.82) is 0 Å². The largest absolute Gasteiger partial charge is 2.00 e. The van der Waals surface area contributed by atoms with Crippen LogP contribution in [0.1, 0.15) is 75.6 Å². The summed E-state index contributed by atoms with van der Waals surface area (Å²) in [6.45, 7) is 11.7. The average molecular weight is 829 g/mol. The van der Waals surface area contributed by atoms with Gasteiger partial charge >= 0.3 is 21.1 Å². The molecule has 1 aromatic heterocycles. The van der Waals surface area contributed by atoms with Gasteiger partial charge in [0.2, 0.25) is 0 Å². The molecule has 252 valence electrons. The quantitative estimate of drug-likeness (QED) is 0.132. The first kappa shape index (κ1) is 34.6. The number of para-hydroxylation sites is 1. The first-order valence-corrected chi connectivity index (χ1v) is 17.3. The van der Waals surface area contributed by atoms with Gasteiger partial charge in [-0.25, -0.2) is 4.98 Å². The fourth-order valence-corrected chi connectivity index (χ4v) is 7.28. The maximum Gasteiger partial charge on any atom is 2.00 e. The summed E-state index contributed by atoms with van der Waals surface area (Å²) >= 11 is 0. The SMILES string of the molecule is CCCC(CCC)[C@@H]1COC(c2[c-]c(Oc3[c-]c(N4c5ccccc5C(C)(C)c5cccnc54)cc(C)c3)cc(-c3ccccc3)c2)=N1.[Pt+2]. The second-order valence-electron chi connectivity index (χ2n) is 13.5. The molecule has 5 nitrogen and oxygen atoms in total. The minimum atomic E-state index is -0.194. The number of hydrogen-bond donors (Lipinski definition) is 0.